The smallest absolute Gasteiger partial charge is 0.303 e. The minimum absolute atomic E-state index is 0.165. The maximum atomic E-state index is 12.9. The highest BCUT2D eigenvalue weighted by Gasteiger charge is 2.79. The molecule has 1 heterocycles. The predicted octanol–water partition coefficient (Wildman–Crippen LogP) is 1.29. The van der Waals surface area contributed by atoms with Gasteiger partial charge in [-0.3, -0.25) is 24.0 Å². The van der Waals surface area contributed by atoms with E-state index in [-0.39, 0.29) is 19.4 Å². The zero-order chi connectivity index (χ0) is 32.4. The number of rotatable bonds is 5. The van der Waals surface area contributed by atoms with Crippen molar-refractivity contribution < 1.29 is 62.6 Å². The molecule has 1 saturated heterocycles. The van der Waals surface area contributed by atoms with Crippen LogP contribution in [0.3, 0.4) is 0 Å². The molecule has 13 heteroatoms. The summed E-state index contributed by atoms with van der Waals surface area (Å²) in [5.41, 5.74) is -5.79. The Labute approximate surface area is 250 Å². The second-order valence-corrected chi connectivity index (χ2v) is 13.0. The number of esters is 5. The molecule has 0 radical (unpaired) electrons. The Balaban J connectivity index is 2.17. The average molecular weight is 611 g/mol. The molecule has 1 aliphatic heterocycles. The Morgan fingerprint density at radius 1 is 0.837 bits per heavy atom. The molecular formula is C30H42O13. The zero-order valence-electron chi connectivity index (χ0n) is 26.0. The molecule has 4 aliphatic rings. The topological polar surface area (TPSA) is 181 Å². The van der Waals surface area contributed by atoms with Crippen molar-refractivity contribution in [3.8, 4) is 0 Å². The van der Waals surface area contributed by atoms with E-state index < -0.39 is 94.4 Å². The molecule has 3 aliphatic carbocycles. The van der Waals surface area contributed by atoms with Crippen LogP contribution in [0.1, 0.15) is 75.2 Å². The van der Waals surface area contributed by atoms with Gasteiger partial charge in [0.25, 0.3) is 0 Å². The van der Waals surface area contributed by atoms with Crippen LogP contribution >= 0.6 is 0 Å². The summed E-state index contributed by atoms with van der Waals surface area (Å²) in [5, 5.41) is 24.5. The van der Waals surface area contributed by atoms with E-state index in [0.29, 0.717) is 11.1 Å². The standard InChI is InChI=1S/C30H42O13/c1-13-19(39-14(2)31)11-30(37)26-24-28(9,25(42-17(5)34)23(41-16(4)33)22(13)27(30,7)8)21(40-15(3)32)10-20(36)29(24,12-38-26)43-18(6)35/h19-21,23-26,36-37H,10-12H2,1-9H3/t19-,20+,21-,23+,24-,25-,26-,28+,29-,30+/m0/s1. The second kappa shape index (κ2) is 10.8. The molecule has 3 fully saturated rings. The lowest BCUT2D eigenvalue weighted by Crippen LogP contribution is -2.76. The maximum absolute atomic E-state index is 12.9. The fraction of sp³-hybridized carbons (Fsp3) is 0.767. The first kappa shape index (κ1) is 32.9. The molecule has 0 aromatic carbocycles. The first-order chi connectivity index (χ1) is 19.7. The van der Waals surface area contributed by atoms with Crippen molar-refractivity contribution in [1.29, 1.82) is 0 Å². The molecule has 0 aromatic heterocycles. The molecule has 240 valence electrons. The lowest BCUT2D eigenvalue weighted by Gasteiger charge is -2.64. The largest absolute Gasteiger partial charge is 0.462 e. The second-order valence-electron chi connectivity index (χ2n) is 13.0. The Hall–Kier alpha value is -3.03. The lowest BCUT2D eigenvalue weighted by atomic mass is 9.45. The van der Waals surface area contributed by atoms with E-state index in [0.717, 1.165) is 0 Å². The summed E-state index contributed by atoms with van der Waals surface area (Å²) in [6.07, 6.45) is -8.11. The summed E-state index contributed by atoms with van der Waals surface area (Å²) >= 11 is 0. The highest BCUT2D eigenvalue weighted by molar-refractivity contribution is 5.70. The third-order valence-corrected chi connectivity index (χ3v) is 10.0. The van der Waals surface area contributed by atoms with Crippen molar-refractivity contribution in [2.45, 2.75) is 123 Å². The third-order valence-electron chi connectivity index (χ3n) is 10.0. The minimum Gasteiger partial charge on any atom is -0.462 e. The molecule has 2 saturated carbocycles. The van der Waals surface area contributed by atoms with Crippen LogP contribution in [0.25, 0.3) is 0 Å². The molecular weight excluding hydrogens is 568 g/mol. The van der Waals surface area contributed by atoms with Gasteiger partial charge in [0.1, 0.15) is 23.9 Å². The van der Waals surface area contributed by atoms with Crippen LogP contribution in [0.2, 0.25) is 0 Å². The first-order valence-corrected chi connectivity index (χ1v) is 14.4. The van der Waals surface area contributed by atoms with Crippen LogP contribution in [0.5, 0.6) is 0 Å². The fourth-order valence-electron chi connectivity index (χ4n) is 8.37. The van der Waals surface area contributed by atoms with Gasteiger partial charge in [0.15, 0.2) is 17.8 Å². The van der Waals surface area contributed by atoms with Gasteiger partial charge in [-0.15, -0.1) is 0 Å². The average Bonchev–Trinajstić information content (AvgIpc) is 3.24. The normalized spacial score (nSPS) is 41.1. The molecule has 0 unspecified atom stereocenters. The van der Waals surface area contributed by atoms with Gasteiger partial charge in [-0.05, 0) is 18.1 Å². The zero-order valence-corrected chi connectivity index (χ0v) is 26.0. The van der Waals surface area contributed by atoms with Crippen molar-refractivity contribution in [2.75, 3.05) is 6.61 Å². The van der Waals surface area contributed by atoms with Gasteiger partial charge in [-0.2, -0.15) is 0 Å². The van der Waals surface area contributed by atoms with Gasteiger partial charge >= 0.3 is 29.8 Å². The number of aliphatic hydroxyl groups is 2. The van der Waals surface area contributed by atoms with Gasteiger partial charge in [-0.1, -0.05) is 20.8 Å². The summed E-state index contributed by atoms with van der Waals surface area (Å²) in [5.74, 6) is -4.77. The van der Waals surface area contributed by atoms with Gasteiger partial charge in [-0.25, -0.2) is 0 Å². The monoisotopic (exact) mass is 610 g/mol. The van der Waals surface area contributed by atoms with E-state index in [2.05, 4.69) is 0 Å². The number of aliphatic hydroxyl groups excluding tert-OH is 1. The first-order valence-electron chi connectivity index (χ1n) is 14.4. The number of fused-ring (bicyclic) bond motifs is 3. The molecule has 0 amide bonds. The summed E-state index contributed by atoms with van der Waals surface area (Å²) in [7, 11) is 0. The van der Waals surface area contributed by atoms with Gasteiger partial charge in [0.2, 0.25) is 0 Å². The van der Waals surface area contributed by atoms with Crippen molar-refractivity contribution in [3.63, 3.8) is 0 Å². The Kier molecular flexibility index (Phi) is 8.29. The number of carbonyl (C=O) groups excluding carboxylic acids is 5. The molecule has 0 spiro atoms. The van der Waals surface area contributed by atoms with E-state index in [1.54, 1.807) is 27.7 Å². The SMILES string of the molecule is CC(=O)O[C@H]1C[C@@]2(O)[C@H]3OC[C@]4(OC(C)=O)[C@H](O)C[C@H](OC(C)=O)[C@](C)([C@H]34)[C@@H](OC(C)=O)[C@H](OC(C)=O)C(=C1C)C2(C)C. The predicted molar refractivity (Wildman–Crippen MR) is 145 cm³/mol. The van der Waals surface area contributed by atoms with Crippen molar-refractivity contribution in [3.05, 3.63) is 11.1 Å². The minimum atomic E-state index is -1.91. The number of hydrogen-bond acceptors (Lipinski definition) is 13. The Morgan fingerprint density at radius 2 is 1.40 bits per heavy atom. The van der Waals surface area contributed by atoms with E-state index in [4.69, 9.17) is 28.4 Å². The van der Waals surface area contributed by atoms with E-state index >= 15 is 0 Å². The van der Waals surface area contributed by atoms with Gasteiger partial charge in [0, 0.05) is 58.8 Å². The summed E-state index contributed by atoms with van der Waals surface area (Å²) in [6.45, 7) is 12.3. The van der Waals surface area contributed by atoms with Crippen molar-refractivity contribution in [2.24, 2.45) is 16.7 Å². The van der Waals surface area contributed by atoms with Gasteiger partial charge < -0.3 is 38.6 Å². The summed E-state index contributed by atoms with van der Waals surface area (Å²) in [4.78, 5) is 62.8. The molecule has 2 N–H and O–H groups in total. The Morgan fingerprint density at radius 3 is 1.91 bits per heavy atom. The van der Waals surface area contributed by atoms with Crippen LogP contribution in [0.15, 0.2) is 11.1 Å². The summed E-state index contributed by atoms with van der Waals surface area (Å²) in [6, 6.07) is 0. The third kappa shape index (κ3) is 4.93. The quantitative estimate of drug-likeness (QED) is 0.258. The van der Waals surface area contributed by atoms with Crippen LogP contribution in [-0.2, 0) is 52.4 Å². The molecule has 4 rings (SSSR count). The van der Waals surface area contributed by atoms with Crippen molar-refractivity contribution in [1.82, 2.24) is 0 Å². The Bertz CT molecular complexity index is 1250. The maximum Gasteiger partial charge on any atom is 0.303 e. The molecule has 10 atom stereocenters. The van der Waals surface area contributed by atoms with E-state index in [1.807, 2.05) is 0 Å². The molecule has 13 nitrogen and oxygen atoms in total. The number of hydrogen-bond donors (Lipinski definition) is 2. The van der Waals surface area contributed by atoms with Crippen molar-refractivity contribution >= 4 is 29.8 Å². The van der Waals surface area contributed by atoms with Crippen LogP contribution in [0, 0.1) is 16.7 Å². The highest BCUT2D eigenvalue weighted by Crippen LogP contribution is 2.66. The van der Waals surface area contributed by atoms with Crippen LogP contribution in [0.4, 0.5) is 0 Å². The number of ether oxygens (including phenoxy) is 6. The summed E-state index contributed by atoms with van der Waals surface area (Å²) < 4.78 is 35.6. The molecule has 2 bridgehead atoms. The molecule has 0 aromatic rings. The lowest BCUT2D eigenvalue weighted by molar-refractivity contribution is -0.280. The molecule has 43 heavy (non-hydrogen) atoms. The van der Waals surface area contributed by atoms with Gasteiger partial charge in [0.05, 0.1) is 18.1 Å². The van der Waals surface area contributed by atoms with Crippen LogP contribution < -0.4 is 0 Å². The van der Waals surface area contributed by atoms with Crippen LogP contribution in [-0.4, -0.2) is 94.5 Å². The van der Waals surface area contributed by atoms with E-state index in [1.165, 1.54) is 34.6 Å². The van der Waals surface area contributed by atoms with E-state index in [9.17, 15) is 34.2 Å². The highest BCUT2D eigenvalue weighted by atomic mass is 16.6. The number of carbonyl (C=O) groups is 5. The fourth-order valence-corrected chi connectivity index (χ4v) is 8.37.